The third-order valence-corrected chi connectivity index (χ3v) is 5.65. The Labute approximate surface area is 140 Å². The van der Waals surface area contributed by atoms with E-state index >= 15 is 0 Å². The van der Waals surface area contributed by atoms with E-state index in [1.54, 1.807) is 11.8 Å². The quantitative estimate of drug-likeness (QED) is 0.803. The zero-order chi connectivity index (χ0) is 14.9. The van der Waals surface area contributed by atoms with E-state index in [4.69, 9.17) is 16.6 Å². The Balaban J connectivity index is 1.88. The molecule has 112 valence electrons. The van der Waals surface area contributed by atoms with Gasteiger partial charge in [-0.2, -0.15) is 0 Å². The van der Waals surface area contributed by atoms with Crippen molar-refractivity contribution in [3.63, 3.8) is 0 Å². The van der Waals surface area contributed by atoms with E-state index in [1.165, 1.54) is 21.1 Å². The van der Waals surface area contributed by atoms with Gasteiger partial charge in [-0.1, -0.05) is 35.5 Å². The van der Waals surface area contributed by atoms with Gasteiger partial charge in [0.05, 0.1) is 11.4 Å². The molecule has 0 aromatic heterocycles. The number of rotatable bonds is 1. The number of aliphatic imine (C=N–C) groups is 1. The van der Waals surface area contributed by atoms with Gasteiger partial charge in [-0.05, 0) is 56.3 Å². The molecule has 2 aliphatic rings. The van der Waals surface area contributed by atoms with Gasteiger partial charge in [0.1, 0.15) is 0 Å². The van der Waals surface area contributed by atoms with Gasteiger partial charge in [0, 0.05) is 26.3 Å². The van der Waals surface area contributed by atoms with Gasteiger partial charge in [-0.3, -0.25) is 4.99 Å². The Morgan fingerprint density at radius 2 is 1.86 bits per heavy atom. The van der Waals surface area contributed by atoms with Crippen LogP contribution < -0.4 is 5.32 Å². The van der Waals surface area contributed by atoms with Gasteiger partial charge < -0.3 is 5.32 Å². The average Bonchev–Trinajstić information content (AvgIpc) is 2.72. The second kappa shape index (κ2) is 6.07. The maximum atomic E-state index is 6.27. The predicted molar refractivity (Wildman–Crippen MR) is 93.8 cm³/mol. The molecule has 2 aliphatic heterocycles. The molecule has 0 aliphatic carbocycles. The maximum Gasteiger partial charge on any atom is 0.0772 e. The molecule has 1 N–H and O–H groups in total. The van der Waals surface area contributed by atoms with Crippen molar-refractivity contribution in [2.75, 3.05) is 13.1 Å². The molecule has 0 atom stereocenters. The lowest BCUT2D eigenvalue weighted by atomic mass is 9.88. The highest BCUT2D eigenvalue weighted by Gasteiger charge is 2.25. The van der Waals surface area contributed by atoms with E-state index in [0.29, 0.717) is 5.92 Å². The number of hydrogen-bond acceptors (Lipinski definition) is 3. The zero-order valence-corrected chi connectivity index (χ0v) is 13.8. The zero-order valence-electron chi connectivity index (χ0n) is 12.2. The Kier molecular flexibility index (Phi) is 3.95. The van der Waals surface area contributed by atoms with Crippen LogP contribution in [0.5, 0.6) is 0 Å². The first-order chi connectivity index (χ1) is 10.8. The Hall–Kier alpha value is -1.29. The molecule has 1 saturated heterocycles. The minimum absolute atomic E-state index is 0.505. The van der Waals surface area contributed by atoms with Gasteiger partial charge in [0.15, 0.2) is 0 Å². The van der Waals surface area contributed by atoms with E-state index in [0.717, 1.165) is 36.6 Å². The lowest BCUT2D eigenvalue weighted by Gasteiger charge is -2.25. The summed E-state index contributed by atoms with van der Waals surface area (Å²) < 4.78 is 0. The van der Waals surface area contributed by atoms with E-state index in [1.807, 2.05) is 6.07 Å². The molecule has 4 heteroatoms. The van der Waals surface area contributed by atoms with Gasteiger partial charge in [-0.25, -0.2) is 0 Å². The molecule has 4 rings (SSSR count). The number of piperidine rings is 1. The van der Waals surface area contributed by atoms with Crippen LogP contribution in [0.1, 0.15) is 18.4 Å². The number of fused-ring (bicyclic) bond motifs is 2. The number of nitrogens with one attached hydrogen (secondary N) is 1. The van der Waals surface area contributed by atoms with Crippen LogP contribution in [-0.4, -0.2) is 18.8 Å². The fraction of sp³-hybridized carbons (Fsp3) is 0.278. The largest absolute Gasteiger partial charge is 0.317 e. The summed E-state index contributed by atoms with van der Waals surface area (Å²) >= 11 is 8.06. The van der Waals surface area contributed by atoms with Crippen LogP contribution in [0.25, 0.3) is 0 Å². The van der Waals surface area contributed by atoms with Crippen molar-refractivity contribution in [1.29, 1.82) is 0 Å². The summed E-state index contributed by atoms with van der Waals surface area (Å²) in [5.74, 6) is 0.505. The molecule has 22 heavy (non-hydrogen) atoms. The smallest absolute Gasteiger partial charge is 0.0772 e. The van der Waals surface area contributed by atoms with Gasteiger partial charge >= 0.3 is 0 Å². The van der Waals surface area contributed by atoms with Crippen molar-refractivity contribution in [3.05, 3.63) is 53.1 Å². The molecule has 0 radical (unpaired) electrons. The summed E-state index contributed by atoms with van der Waals surface area (Å²) in [5.41, 5.74) is 3.49. The van der Waals surface area contributed by atoms with Crippen molar-refractivity contribution in [2.24, 2.45) is 10.9 Å². The van der Waals surface area contributed by atoms with Crippen molar-refractivity contribution in [1.82, 2.24) is 5.32 Å². The molecule has 2 heterocycles. The highest BCUT2D eigenvalue weighted by molar-refractivity contribution is 7.99. The van der Waals surface area contributed by atoms with Gasteiger partial charge in [-0.15, -0.1) is 0 Å². The molecule has 0 bridgehead atoms. The van der Waals surface area contributed by atoms with Crippen LogP contribution >= 0.6 is 23.4 Å². The second-order valence-corrected chi connectivity index (χ2v) is 7.25. The maximum absolute atomic E-state index is 6.27. The van der Waals surface area contributed by atoms with Gasteiger partial charge in [0.25, 0.3) is 0 Å². The van der Waals surface area contributed by atoms with Crippen LogP contribution in [0.15, 0.2) is 57.2 Å². The fourth-order valence-corrected chi connectivity index (χ4v) is 4.33. The summed E-state index contributed by atoms with van der Waals surface area (Å²) in [6.07, 6.45) is 2.27. The molecule has 0 saturated carbocycles. The minimum atomic E-state index is 0.505. The van der Waals surface area contributed by atoms with Crippen LogP contribution in [0.3, 0.4) is 0 Å². The monoisotopic (exact) mass is 328 g/mol. The normalized spacial score (nSPS) is 18.1. The van der Waals surface area contributed by atoms with Crippen LogP contribution in [0.2, 0.25) is 5.02 Å². The Morgan fingerprint density at radius 3 is 2.73 bits per heavy atom. The summed E-state index contributed by atoms with van der Waals surface area (Å²) in [4.78, 5) is 7.53. The van der Waals surface area contributed by atoms with Crippen molar-refractivity contribution < 1.29 is 0 Å². The molecule has 0 unspecified atom stereocenters. The van der Waals surface area contributed by atoms with Crippen molar-refractivity contribution in [3.8, 4) is 0 Å². The molecule has 0 spiro atoms. The SMILES string of the molecule is Clc1ccc2c(c1)C(C1CCNCC1)=Nc1ccccc1S2. The third-order valence-electron chi connectivity index (χ3n) is 4.27. The summed E-state index contributed by atoms with van der Waals surface area (Å²) in [7, 11) is 0. The topological polar surface area (TPSA) is 24.4 Å². The third kappa shape index (κ3) is 2.69. The Morgan fingerprint density at radius 1 is 1.05 bits per heavy atom. The van der Waals surface area contributed by atoms with Gasteiger partial charge in [0.2, 0.25) is 0 Å². The number of hydrogen-bond donors (Lipinski definition) is 1. The van der Waals surface area contributed by atoms with Crippen LogP contribution in [-0.2, 0) is 0 Å². The molecular weight excluding hydrogens is 312 g/mol. The average molecular weight is 329 g/mol. The lowest BCUT2D eigenvalue weighted by molar-refractivity contribution is 0.457. The summed E-state index contributed by atoms with van der Waals surface area (Å²) in [5, 5.41) is 4.22. The number of nitrogens with zero attached hydrogens (tertiary/aromatic N) is 1. The minimum Gasteiger partial charge on any atom is -0.317 e. The van der Waals surface area contributed by atoms with Crippen molar-refractivity contribution in [2.45, 2.75) is 22.6 Å². The van der Waals surface area contributed by atoms with E-state index in [9.17, 15) is 0 Å². The molecule has 2 nitrogen and oxygen atoms in total. The standard InChI is InChI=1S/C18H17ClN2S/c19-13-5-6-16-14(11-13)18(12-7-9-20-10-8-12)21-15-3-1-2-4-17(15)22-16/h1-6,11-12,20H,7-10H2. The number of benzene rings is 2. The molecule has 0 amide bonds. The predicted octanol–water partition coefficient (Wildman–Crippen LogP) is 4.93. The molecule has 2 aromatic carbocycles. The number of para-hydroxylation sites is 1. The van der Waals surface area contributed by atoms with E-state index in [-0.39, 0.29) is 0 Å². The molecular formula is C18H17ClN2S. The first-order valence-electron chi connectivity index (χ1n) is 7.67. The first-order valence-corrected chi connectivity index (χ1v) is 8.87. The first kappa shape index (κ1) is 14.3. The lowest BCUT2D eigenvalue weighted by Crippen LogP contribution is -2.32. The fourth-order valence-electron chi connectivity index (χ4n) is 3.14. The summed E-state index contributed by atoms with van der Waals surface area (Å²) in [6.45, 7) is 2.13. The highest BCUT2D eigenvalue weighted by atomic mass is 35.5. The number of halogens is 1. The highest BCUT2D eigenvalue weighted by Crippen LogP contribution is 2.42. The van der Waals surface area contributed by atoms with E-state index < -0.39 is 0 Å². The van der Waals surface area contributed by atoms with E-state index in [2.05, 4.69) is 41.7 Å². The summed E-state index contributed by atoms with van der Waals surface area (Å²) in [6, 6.07) is 14.6. The van der Waals surface area contributed by atoms with Crippen molar-refractivity contribution >= 4 is 34.8 Å². The molecule has 2 aromatic rings. The van der Waals surface area contributed by atoms with Crippen LogP contribution in [0.4, 0.5) is 5.69 Å². The molecule has 1 fully saturated rings. The van der Waals surface area contributed by atoms with Crippen LogP contribution in [0, 0.1) is 5.92 Å². The Bertz CT molecular complexity index is 736. The second-order valence-electron chi connectivity index (χ2n) is 5.73.